The lowest BCUT2D eigenvalue weighted by Crippen LogP contribution is -2.01. The monoisotopic (exact) mass is 255 g/mol. The second kappa shape index (κ2) is 9.15. The number of aliphatic hydroxyl groups is 1. The van der Waals surface area contributed by atoms with Gasteiger partial charge in [-0.05, 0) is 37.6 Å². The molecule has 0 aliphatic rings. The number of nitrogens with two attached hydrogens (primary N) is 1. The highest BCUT2D eigenvalue weighted by atomic mass is 16.4. The second-order valence-corrected chi connectivity index (χ2v) is 3.41. The number of benzene rings is 1. The van der Waals surface area contributed by atoms with E-state index < -0.39 is 11.9 Å². The third-order valence-corrected chi connectivity index (χ3v) is 1.97. The van der Waals surface area contributed by atoms with E-state index in [-0.39, 0.29) is 17.7 Å². The van der Waals surface area contributed by atoms with Gasteiger partial charge >= 0.3 is 11.9 Å². The van der Waals surface area contributed by atoms with E-state index >= 15 is 0 Å². The first kappa shape index (κ1) is 16.1. The van der Waals surface area contributed by atoms with Gasteiger partial charge in [0, 0.05) is 6.61 Å². The van der Waals surface area contributed by atoms with E-state index in [1.54, 1.807) is 0 Å². The van der Waals surface area contributed by atoms with Crippen LogP contribution in [0.4, 0.5) is 0 Å². The summed E-state index contributed by atoms with van der Waals surface area (Å²) in [6, 6.07) is 5.20. The third-order valence-electron chi connectivity index (χ3n) is 1.97. The molecular formula is C12H17NO5. The Labute approximate surface area is 105 Å². The molecule has 6 nitrogen and oxygen atoms in total. The molecule has 0 spiro atoms. The Balaban J connectivity index is 0.000000411. The Hall–Kier alpha value is -1.92. The fourth-order valence-corrected chi connectivity index (χ4v) is 1.04. The molecule has 1 aromatic rings. The van der Waals surface area contributed by atoms with Crippen molar-refractivity contribution in [3.63, 3.8) is 0 Å². The van der Waals surface area contributed by atoms with Gasteiger partial charge in [0.2, 0.25) is 0 Å². The zero-order valence-electron chi connectivity index (χ0n) is 9.87. The molecule has 0 saturated carbocycles. The predicted molar refractivity (Wildman–Crippen MR) is 65.7 cm³/mol. The average molecular weight is 255 g/mol. The molecule has 0 atom stereocenters. The van der Waals surface area contributed by atoms with Crippen LogP contribution in [-0.2, 0) is 0 Å². The van der Waals surface area contributed by atoms with Crippen molar-refractivity contribution < 1.29 is 24.9 Å². The summed E-state index contributed by atoms with van der Waals surface area (Å²) in [4.78, 5) is 20.8. The first-order valence-electron chi connectivity index (χ1n) is 5.40. The summed E-state index contributed by atoms with van der Waals surface area (Å²) in [7, 11) is 0. The quantitative estimate of drug-likeness (QED) is 0.577. The van der Waals surface area contributed by atoms with Crippen LogP contribution in [0, 0.1) is 0 Å². The smallest absolute Gasteiger partial charge is 0.335 e. The number of carboxylic acid groups (broad SMARTS) is 2. The van der Waals surface area contributed by atoms with Crippen molar-refractivity contribution in [1.82, 2.24) is 0 Å². The van der Waals surface area contributed by atoms with Gasteiger partial charge < -0.3 is 21.1 Å². The van der Waals surface area contributed by atoms with Crippen LogP contribution in [0.5, 0.6) is 0 Å². The van der Waals surface area contributed by atoms with Crippen LogP contribution >= 0.6 is 0 Å². The Morgan fingerprint density at radius 1 is 1.06 bits per heavy atom. The standard InChI is InChI=1S/C8H6O4.C4H11NO/c9-7(10)5-2-1-3-6(4-5)8(11)12;5-3-1-2-4-6/h1-4H,(H,9,10)(H,11,12);6H,1-5H2. The van der Waals surface area contributed by atoms with Crippen molar-refractivity contribution in [2.75, 3.05) is 13.2 Å². The first-order valence-corrected chi connectivity index (χ1v) is 5.40. The molecule has 0 bridgehead atoms. The molecule has 0 heterocycles. The summed E-state index contributed by atoms with van der Waals surface area (Å²) in [6.45, 7) is 0.970. The molecular weight excluding hydrogens is 238 g/mol. The molecule has 0 aliphatic heterocycles. The van der Waals surface area contributed by atoms with Crippen LogP contribution in [0.25, 0.3) is 0 Å². The highest BCUT2D eigenvalue weighted by Gasteiger charge is 2.06. The van der Waals surface area contributed by atoms with Gasteiger partial charge in [0.25, 0.3) is 0 Å². The number of hydrogen-bond donors (Lipinski definition) is 4. The van der Waals surface area contributed by atoms with Crippen LogP contribution in [0.3, 0.4) is 0 Å². The number of carboxylic acids is 2. The van der Waals surface area contributed by atoms with E-state index in [2.05, 4.69) is 0 Å². The minimum atomic E-state index is -1.13. The number of unbranched alkanes of at least 4 members (excludes halogenated alkanes) is 1. The fourth-order valence-electron chi connectivity index (χ4n) is 1.04. The molecule has 6 heteroatoms. The summed E-state index contributed by atoms with van der Waals surface area (Å²) in [5.41, 5.74) is 5.07. The molecule has 18 heavy (non-hydrogen) atoms. The van der Waals surface area contributed by atoms with Gasteiger partial charge in [-0.1, -0.05) is 6.07 Å². The van der Waals surface area contributed by atoms with E-state index in [1.807, 2.05) is 0 Å². The van der Waals surface area contributed by atoms with E-state index in [9.17, 15) is 9.59 Å². The Bertz CT molecular complexity index is 359. The summed E-state index contributed by atoms with van der Waals surface area (Å²) in [5.74, 6) is -2.25. The van der Waals surface area contributed by atoms with Gasteiger partial charge in [0.15, 0.2) is 0 Å². The third kappa shape index (κ3) is 6.62. The van der Waals surface area contributed by atoms with Crippen molar-refractivity contribution in [3.05, 3.63) is 35.4 Å². The summed E-state index contributed by atoms with van der Waals surface area (Å²) in [6.07, 6.45) is 1.78. The fraction of sp³-hybridized carbons (Fsp3) is 0.333. The van der Waals surface area contributed by atoms with Crippen LogP contribution in [0.1, 0.15) is 33.6 Å². The Morgan fingerprint density at radius 3 is 1.83 bits per heavy atom. The predicted octanol–water partition coefficient (Wildman–Crippen LogP) is 0.801. The SMILES string of the molecule is NCCCCO.O=C(O)c1cccc(C(=O)O)c1. The zero-order chi connectivity index (χ0) is 14.0. The number of rotatable bonds is 5. The summed E-state index contributed by atoms with van der Waals surface area (Å²) < 4.78 is 0. The summed E-state index contributed by atoms with van der Waals surface area (Å²) >= 11 is 0. The van der Waals surface area contributed by atoms with Crippen LogP contribution in [0.15, 0.2) is 24.3 Å². The Morgan fingerprint density at radius 2 is 1.56 bits per heavy atom. The maximum Gasteiger partial charge on any atom is 0.335 e. The maximum absolute atomic E-state index is 10.4. The van der Waals surface area contributed by atoms with E-state index in [0.717, 1.165) is 18.9 Å². The van der Waals surface area contributed by atoms with Crippen LogP contribution in [-0.4, -0.2) is 40.4 Å². The van der Waals surface area contributed by atoms with Crippen molar-refractivity contribution in [2.45, 2.75) is 12.8 Å². The topological polar surface area (TPSA) is 121 Å². The van der Waals surface area contributed by atoms with Gasteiger partial charge in [-0.3, -0.25) is 0 Å². The van der Waals surface area contributed by atoms with Crippen LogP contribution in [0.2, 0.25) is 0 Å². The number of aliphatic hydroxyl groups excluding tert-OH is 1. The second-order valence-electron chi connectivity index (χ2n) is 3.41. The molecule has 1 rings (SSSR count). The van der Waals surface area contributed by atoms with E-state index in [1.165, 1.54) is 18.2 Å². The van der Waals surface area contributed by atoms with Crippen LogP contribution < -0.4 is 5.73 Å². The van der Waals surface area contributed by atoms with E-state index in [4.69, 9.17) is 21.1 Å². The minimum Gasteiger partial charge on any atom is -0.478 e. The van der Waals surface area contributed by atoms with Gasteiger partial charge in [-0.25, -0.2) is 9.59 Å². The van der Waals surface area contributed by atoms with Crippen molar-refractivity contribution >= 4 is 11.9 Å². The molecule has 5 N–H and O–H groups in total. The largest absolute Gasteiger partial charge is 0.478 e. The molecule has 0 unspecified atom stereocenters. The number of aromatic carboxylic acids is 2. The molecule has 100 valence electrons. The van der Waals surface area contributed by atoms with E-state index in [0.29, 0.717) is 6.54 Å². The number of carbonyl (C=O) groups is 2. The van der Waals surface area contributed by atoms with Gasteiger partial charge in [0.05, 0.1) is 11.1 Å². The van der Waals surface area contributed by atoms with Gasteiger partial charge in [-0.15, -0.1) is 0 Å². The molecule has 0 aliphatic carbocycles. The summed E-state index contributed by atoms with van der Waals surface area (Å²) in [5, 5.41) is 25.1. The maximum atomic E-state index is 10.4. The highest BCUT2D eigenvalue weighted by Crippen LogP contribution is 2.04. The Kier molecular flexibility index (Phi) is 8.17. The molecule has 0 fully saturated rings. The molecule has 0 radical (unpaired) electrons. The van der Waals surface area contributed by atoms with Gasteiger partial charge in [-0.2, -0.15) is 0 Å². The minimum absolute atomic E-state index is 0.0186. The lowest BCUT2D eigenvalue weighted by atomic mass is 10.1. The van der Waals surface area contributed by atoms with Gasteiger partial charge in [0.1, 0.15) is 0 Å². The van der Waals surface area contributed by atoms with Crippen molar-refractivity contribution in [1.29, 1.82) is 0 Å². The molecule has 0 amide bonds. The highest BCUT2D eigenvalue weighted by molar-refractivity contribution is 5.93. The molecule has 1 aromatic carbocycles. The average Bonchev–Trinajstić information content (AvgIpc) is 2.37. The zero-order valence-corrected chi connectivity index (χ0v) is 9.87. The molecule has 0 saturated heterocycles. The lowest BCUT2D eigenvalue weighted by molar-refractivity contribution is 0.0696. The number of hydrogen-bond acceptors (Lipinski definition) is 4. The molecule has 0 aromatic heterocycles. The van der Waals surface area contributed by atoms with Crippen molar-refractivity contribution in [2.24, 2.45) is 5.73 Å². The van der Waals surface area contributed by atoms with Crippen molar-refractivity contribution in [3.8, 4) is 0 Å². The lowest BCUT2D eigenvalue weighted by Gasteiger charge is -1.95. The first-order chi connectivity index (χ1) is 8.52. The normalized spacial score (nSPS) is 9.22.